The zero-order chi connectivity index (χ0) is 20.6. The molecule has 2 N–H and O–H groups in total. The van der Waals surface area contributed by atoms with E-state index in [1.165, 1.54) is 4.90 Å². The summed E-state index contributed by atoms with van der Waals surface area (Å²) in [6, 6.07) is 0.674. The molecule has 1 aromatic rings. The number of β-amino-alcohol motifs (C(OH)–C–C–N with tert-alkyl or cyclic N) is 1. The maximum atomic E-state index is 13.3. The highest BCUT2D eigenvalue weighted by atomic mass is 19.4. The van der Waals surface area contributed by atoms with Gasteiger partial charge in [-0.1, -0.05) is 0 Å². The van der Waals surface area contributed by atoms with Crippen LogP contribution in [0.25, 0.3) is 0 Å². The standard InChI is InChI=1S/C17H23F5N4O2/c18-16(19)4-7-25(8-5-16)11-15(28)2-1-6-26(9-3-15)14(27)12-10-13(24-23-12)17(20,21)22/h10,28H,1-9,11H2,(H,23,24). The zero-order valence-electron chi connectivity index (χ0n) is 15.2. The molecule has 11 heteroatoms. The summed E-state index contributed by atoms with van der Waals surface area (Å²) in [7, 11) is 0. The summed E-state index contributed by atoms with van der Waals surface area (Å²) in [5.41, 5.74) is -2.54. The number of rotatable bonds is 3. The second-order valence-electron chi connectivity index (χ2n) is 7.67. The minimum Gasteiger partial charge on any atom is -0.388 e. The number of H-pyrrole nitrogens is 1. The number of nitrogens with zero attached hydrogens (tertiary/aromatic N) is 3. The molecule has 1 amide bonds. The molecule has 158 valence electrons. The number of hydrogen-bond donors (Lipinski definition) is 2. The van der Waals surface area contributed by atoms with Crippen LogP contribution in [0.3, 0.4) is 0 Å². The number of carbonyl (C=O) groups is 1. The lowest BCUT2D eigenvalue weighted by Crippen LogP contribution is -2.48. The Kier molecular flexibility index (Phi) is 5.68. The monoisotopic (exact) mass is 410 g/mol. The van der Waals surface area contributed by atoms with E-state index in [1.54, 1.807) is 4.90 Å². The molecule has 1 unspecified atom stereocenters. The third kappa shape index (κ3) is 4.99. The number of aromatic nitrogens is 2. The fourth-order valence-corrected chi connectivity index (χ4v) is 3.73. The minimum absolute atomic E-state index is 0.160. The third-order valence-corrected chi connectivity index (χ3v) is 5.41. The van der Waals surface area contributed by atoms with Crippen LogP contribution in [-0.4, -0.2) is 75.3 Å². The SMILES string of the molecule is O=C(c1cc(C(F)(F)F)[nH]n1)N1CCCC(O)(CN2CCC(F)(F)CC2)CC1. The fourth-order valence-electron chi connectivity index (χ4n) is 3.73. The predicted molar refractivity (Wildman–Crippen MR) is 88.9 cm³/mol. The summed E-state index contributed by atoms with van der Waals surface area (Å²) in [4.78, 5) is 15.6. The number of carbonyl (C=O) groups excluding carboxylic acids is 1. The number of halogens is 5. The molecule has 0 saturated carbocycles. The quantitative estimate of drug-likeness (QED) is 0.752. The van der Waals surface area contributed by atoms with Crippen LogP contribution in [0.1, 0.15) is 48.3 Å². The molecule has 2 saturated heterocycles. The number of alkyl halides is 5. The summed E-state index contributed by atoms with van der Waals surface area (Å²) in [5, 5.41) is 16.1. The molecule has 2 aliphatic heterocycles. The van der Waals surface area contributed by atoms with Gasteiger partial charge in [0.25, 0.3) is 11.8 Å². The van der Waals surface area contributed by atoms with Crippen molar-refractivity contribution in [2.75, 3.05) is 32.7 Å². The lowest BCUT2D eigenvalue weighted by Gasteiger charge is -2.37. The Balaban J connectivity index is 1.58. The summed E-state index contributed by atoms with van der Waals surface area (Å²) in [6.07, 6.45) is -4.03. The molecular formula is C17H23F5N4O2. The molecule has 0 radical (unpaired) electrons. The molecule has 2 fully saturated rings. The van der Waals surface area contributed by atoms with Crippen LogP contribution < -0.4 is 0 Å². The molecule has 6 nitrogen and oxygen atoms in total. The van der Waals surface area contributed by atoms with Gasteiger partial charge in [-0.3, -0.25) is 9.89 Å². The Morgan fingerprint density at radius 1 is 1.14 bits per heavy atom. The predicted octanol–water partition coefficient (Wildman–Crippen LogP) is 2.52. The van der Waals surface area contributed by atoms with Gasteiger partial charge in [0.05, 0.1) is 5.60 Å². The average Bonchev–Trinajstić information content (AvgIpc) is 3.02. The first-order chi connectivity index (χ1) is 13.0. The van der Waals surface area contributed by atoms with E-state index in [9.17, 15) is 31.9 Å². The molecule has 3 rings (SSSR count). The van der Waals surface area contributed by atoms with Crippen LogP contribution in [0.4, 0.5) is 22.0 Å². The third-order valence-electron chi connectivity index (χ3n) is 5.41. The topological polar surface area (TPSA) is 72.5 Å². The highest BCUT2D eigenvalue weighted by molar-refractivity contribution is 5.92. The maximum absolute atomic E-state index is 13.3. The number of aliphatic hydroxyl groups is 1. The van der Waals surface area contributed by atoms with E-state index < -0.39 is 29.3 Å². The molecule has 1 aromatic heterocycles. The number of aromatic amines is 1. The molecular weight excluding hydrogens is 387 g/mol. The largest absolute Gasteiger partial charge is 0.432 e. The highest BCUT2D eigenvalue weighted by Crippen LogP contribution is 2.31. The van der Waals surface area contributed by atoms with E-state index in [0.717, 1.165) is 0 Å². The first kappa shape index (κ1) is 21.0. The van der Waals surface area contributed by atoms with Gasteiger partial charge in [0.2, 0.25) is 0 Å². The van der Waals surface area contributed by atoms with Crippen LogP contribution in [0.5, 0.6) is 0 Å². The summed E-state index contributed by atoms with van der Waals surface area (Å²) in [5.74, 6) is -3.29. The van der Waals surface area contributed by atoms with Crippen LogP contribution >= 0.6 is 0 Å². The second kappa shape index (κ2) is 7.58. The lowest BCUT2D eigenvalue weighted by molar-refractivity contribution is -0.141. The molecule has 1 atom stereocenters. The average molecular weight is 410 g/mol. The first-order valence-electron chi connectivity index (χ1n) is 9.22. The minimum atomic E-state index is -4.62. The van der Waals surface area contributed by atoms with Crippen molar-refractivity contribution in [1.82, 2.24) is 20.0 Å². The van der Waals surface area contributed by atoms with Gasteiger partial charge >= 0.3 is 6.18 Å². The number of amides is 1. The Morgan fingerprint density at radius 2 is 1.82 bits per heavy atom. The summed E-state index contributed by atoms with van der Waals surface area (Å²) in [6.45, 7) is 1.09. The Labute approximate surface area is 158 Å². The van der Waals surface area contributed by atoms with Gasteiger partial charge in [-0.05, 0) is 19.3 Å². The first-order valence-corrected chi connectivity index (χ1v) is 9.22. The van der Waals surface area contributed by atoms with Crippen molar-refractivity contribution in [3.05, 3.63) is 17.5 Å². The van der Waals surface area contributed by atoms with Crippen molar-refractivity contribution >= 4 is 5.91 Å². The molecule has 0 bridgehead atoms. The van der Waals surface area contributed by atoms with Crippen molar-refractivity contribution in [2.24, 2.45) is 0 Å². The maximum Gasteiger partial charge on any atom is 0.432 e. The number of likely N-dealkylation sites (tertiary alicyclic amines) is 2. The van der Waals surface area contributed by atoms with Gasteiger partial charge in [-0.25, -0.2) is 8.78 Å². The van der Waals surface area contributed by atoms with Crippen molar-refractivity contribution in [2.45, 2.75) is 49.8 Å². The van der Waals surface area contributed by atoms with Gasteiger partial charge in [-0.15, -0.1) is 0 Å². The summed E-state index contributed by atoms with van der Waals surface area (Å²) >= 11 is 0. The zero-order valence-corrected chi connectivity index (χ0v) is 15.2. The molecule has 0 aromatic carbocycles. The van der Waals surface area contributed by atoms with Gasteiger partial charge in [-0.2, -0.15) is 18.3 Å². The van der Waals surface area contributed by atoms with Crippen molar-refractivity contribution < 1.29 is 31.9 Å². The Bertz CT molecular complexity index is 698. The van der Waals surface area contributed by atoms with Crippen LogP contribution in [0.2, 0.25) is 0 Å². The number of nitrogens with one attached hydrogen (secondary N) is 1. The summed E-state index contributed by atoms with van der Waals surface area (Å²) < 4.78 is 64.6. The molecule has 0 spiro atoms. The van der Waals surface area contributed by atoms with E-state index in [4.69, 9.17) is 0 Å². The lowest BCUT2D eigenvalue weighted by atomic mass is 9.93. The molecule has 28 heavy (non-hydrogen) atoms. The molecule has 0 aliphatic carbocycles. The smallest absolute Gasteiger partial charge is 0.388 e. The van der Waals surface area contributed by atoms with Gasteiger partial charge in [0.1, 0.15) is 5.69 Å². The highest BCUT2D eigenvalue weighted by Gasteiger charge is 2.39. The number of hydrogen-bond acceptors (Lipinski definition) is 4. The van der Waals surface area contributed by atoms with Gasteiger partial charge < -0.3 is 14.9 Å². The van der Waals surface area contributed by atoms with E-state index in [2.05, 4.69) is 5.10 Å². The second-order valence-corrected chi connectivity index (χ2v) is 7.67. The number of piperidine rings is 1. The van der Waals surface area contributed by atoms with Gasteiger partial charge in [0, 0.05) is 51.6 Å². The van der Waals surface area contributed by atoms with E-state index in [-0.39, 0.29) is 57.7 Å². The molecule has 3 heterocycles. The normalized spacial score (nSPS) is 26.9. The van der Waals surface area contributed by atoms with Crippen LogP contribution in [0, 0.1) is 0 Å². The van der Waals surface area contributed by atoms with Crippen LogP contribution in [-0.2, 0) is 6.18 Å². The molecule has 2 aliphatic rings. The van der Waals surface area contributed by atoms with Crippen LogP contribution in [0.15, 0.2) is 6.07 Å². The van der Waals surface area contributed by atoms with E-state index >= 15 is 0 Å². The van der Waals surface area contributed by atoms with Crippen molar-refractivity contribution in [1.29, 1.82) is 0 Å². The van der Waals surface area contributed by atoms with Crippen molar-refractivity contribution in [3.8, 4) is 0 Å². The van der Waals surface area contributed by atoms with E-state index in [0.29, 0.717) is 18.9 Å². The Hall–Kier alpha value is -1.75. The van der Waals surface area contributed by atoms with Gasteiger partial charge in [0.15, 0.2) is 5.69 Å². The fraction of sp³-hybridized carbons (Fsp3) is 0.765. The Morgan fingerprint density at radius 3 is 2.43 bits per heavy atom. The van der Waals surface area contributed by atoms with Crippen molar-refractivity contribution in [3.63, 3.8) is 0 Å². The van der Waals surface area contributed by atoms with E-state index in [1.807, 2.05) is 5.10 Å².